The molecule has 2 aromatic heterocycles. The second kappa shape index (κ2) is 7.37. The molecule has 0 saturated heterocycles. The molecule has 3 aromatic carbocycles. The summed E-state index contributed by atoms with van der Waals surface area (Å²) in [6, 6.07) is 28.8. The van der Waals surface area contributed by atoms with Gasteiger partial charge in [0.25, 0.3) is 0 Å². The van der Waals surface area contributed by atoms with Gasteiger partial charge >= 0.3 is 0 Å². The number of rotatable bonds is 3. The van der Waals surface area contributed by atoms with Gasteiger partial charge in [0.2, 0.25) is 0 Å². The number of nitrogens with zero attached hydrogens (tertiary/aromatic N) is 2. The molecule has 0 N–H and O–H groups in total. The van der Waals surface area contributed by atoms with Crippen LogP contribution in [0, 0.1) is 0 Å². The minimum absolute atomic E-state index is 0.713. The van der Waals surface area contributed by atoms with E-state index in [0.717, 1.165) is 57.6 Å². The van der Waals surface area contributed by atoms with Gasteiger partial charge in [-0.15, -0.1) is 0 Å². The maximum Gasteiger partial charge on any atom is 0.160 e. The Balaban J connectivity index is 1.60. The highest BCUT2D eigenvalue weighted by atomic mass is 16.3. The minimum atomic E-state index is 0.713. The summed E-state index contributed by atoms with van der Waals surface area (Å²) >= 11 is 0. The molecule has 1 aliphatic carbocycles. The summed E-state index contributed by atoms with van der Waals surface area (Å²) in [5.41, 5.74) is 6.93. The molecule has 31 heavy (non-hydrogen) atoms. The van der Waals surface area contributed by atoms with Gasteiger partial charge in [-0.3, -0.25) is 0 Å². The lowest BCUT2D eigenvalue weighted by Crippen LogP contribution is -1.96. The zero-order valence-corrected chi connectivity index (χ0v) is 17.0. The highest BCUT2D eigenvalue weighted by Crippen LogP contribution is 2.37. The van der Waals surface area contributed by atoms with Gasteiger partial charge in [0.05, 0.1) is 11.4 Å². The number of allylic oxidation sites excluding steroid dienone is 1. The molecule has 3 heteroatoms. The van der Waals surface area contributed by atoms with E-state index < -0.39 is 0 Å². The number of furan rings is 1. The van der Waals surface area contributed by atoms with Gasteiger partial charge in [0, 0.05) is 34.1 Å². The summed E-state index contributed by atoms with van der Waals surface area (Å²) in [5, 5.41) is 1.14. The Hall–Kier alpha value is -3.98. The quantitative estimate of drug-likeness (QED) is 0.322. The van der Waals surface area contributed by atoms with Gasteiger partial charge in [0.1, 0.15) is 11.3 Å². The first-order chi connectivity index (χ1) is 15.4. The third-order valence-corrected chi connectivity index (χ3v) is 5.76. The summed E-state index contributed by atoms with van der Waals surface area (Å²) in [7, 11) is 0. The highest BCUT2D eigenvalue weighted by molar-refractivity contribution is 5.98. The predicted octanol–water partition coefficient (Wildman–Crippen LogP) is 7.18. The molecule has 148 valence electrons. The topological polar surface area (TPSA) is 38.9 Å². The molecule has 0 unspecified atom stereocenters. The first-order valence-corrected chi connectivity index (χ1v) is 10.6. The molecule has 3 nitrogen and oxygen atoms in total. The molecule has 0 saturated carbocycles. The van der Waals surface area contributed by atoms with E-state index in [2.05, 4.69) is 48.6 Å². The van der Waals surface area contributed by atoms with Crippen molar-refractivity contribution in [2.45, 2.75) is 12.8 Å². The summed E-state index contributed by atoms with van der Waals surface area (Å²) in [4.78, 5) is 9.86. The molecule has 6 rings (SSSR count). The minimum Gasteiger partial charge on any atom is -0.460 e. The predicted molar refractivity (Wildman–Crippen MR) is 125 cm³/mol. The van der Waals surface area contributed by atoms with E-state index in [-0.39, 0.29) is 0 Å². The van der Waals surface area contributed by atoms with Crippen LogP contribution in [0.5, 0.6) is 0 Å². The van der Waals surface area contributed by atoms with Gasteiger partial charge in [-0.1, -0.05) is 84.9 Å². The Morgan fingerprint density at radius 3 is 2.26 bits per heavy atom. The molecule has 0 bridgehead atoms. The highest BCUT2D eigenvalue weighted by Gasteiger charge is 2.19. The van der Waals surface area contributed by atoms with Crippen LogP contribution in [-0.2, 0) is 6.42 Å². The lowest BCUT2D eigenvalue weighted by molar-refractivity contribution is 0.547. The van der Waals surface area contributed by atoms with Crippen LogP contribution in [-0.4, -0.2) is 9.97 Å². The number of benzene rings is 3. The van der Waals surface area contributed by atoms with Crippen molar-refractivity contribution in [1.82, 2.24) is 9.97 Å². The van der Waals surface area contributed by atoms with E-state index >= 15 is 0 Å². The number of fused-ring (bicyclic) bond motifs is 3. The van der Waals surface area contributed by atoms with Gasteiger partial charge in [0.15, 0.2) is 5.82 Å². The van der Waals surface area contributed by atoms with Gasteiger partial charge < -0.3 is 4.42 Å². The van der Waals surface area contributed by atoms with Gasteiger partial charge in [-0.2, -0.15) is 0 Å². The van der Waals surface area contributed by atoms with Crippen LogP contribution in [0.25, 0.3) is 50.9 Å². The third-order valence-electron chi connectivity index (χ3n) is 5.76. The van der Waals surface area contributed by atoms with Crippen LogP contribution in [0.15, 0.2) is 95.4 Å². The smallest absolute Gasteiger partial charge is 0.160 e. The van der Waals surface area contributed by atoms with E-state index in [0.29, 0.717) is 5.82 Å². The monoisotopic (exact) mass is 400 g/mol. The Labute approximate surface area is 180 Å². The van der Waals surface area contributed by atoms with Crippen LogP contribution in [0.3, 0.4) is 0 Å². The fraction of sp³-hybridized carbons (Fsp3) is 0.0714. The molecular weight excluding hydrogens is 380 g/mol. The lowest BCUT2D eigenvalue weighted by Gasteiger charge is -2.09. The molecule has 0 radical (unpaired) electrons. The SMILES string of the molecule is C1=Cc2c(oc3c(-c4cc(-c5ccccc5)nc(-c5ccccc5)n4)cccc23)CC1. The molecule has 0 fully saturated rings. The third kappa shape index (κ3) is 3.15. The van der Waals surface area contributed by atoms with E-state index in [9.17, 15) is 0 Å². The van der Waals surface area contributed by atoms with Crippen molar-refractivity contribution in [3.63, 3.8) is 0 Å². The number of para-hydroxylation sites is 1. The number of aryl methyl sites for hydroxylation is 1. The van der Waals surface area contributed by atoms with Gasteiger partial charge in [-0.05, 0) is 18.6 Å². The Morgan fingerprint density at radius 1 is 0.710 bits per heavy atom. The molecule has 0 amide bonds. The van der Waals surface area contributed by atoms with Crippen molar-refractivity contribution < 1.29 is 4.42 Å². The summed E-state index contributed by atoms with van der Waals surface area (Å²) < 4.78 is 6.36. The normalized spacial score (nSPS) is 12.8. The lowest BCUT2D eigenvalue weighted by atomic mass is 10.00. The Kier molecular flexibility index (Phi) is 4.24. The second-order valence-corrected chi connectivity index (χ2v) is 7.76. The van der Waals surface area contributed by atoms with Crippen LogP contribution in [0.4, 0.5) is 0 Å². The van der Waals surface area contributed by atoms with Crippen molar-refractivity contribution in [3.05, 3.63) is 102 Å². The van der Waals surface area contributed by atoms with Crippen molar-refractivity contribution >= 4 is 17.0 Å². The fourth-order valence-electron chi connectivity index (χ4n) is 4.23. The van der Waals surface area contributed by atoms with Gasteiger partial charge in [-0.25, -0.2) is 9.97 Å². The molecular formula is C28H20N2O. The first-order valence-electron chi connectivity index (χ1n) is 10.6. The first kappa shape index (κ1) is 17.8. The molecule has 0 aliphatic heterocycles. The van der Waals surface area contributed by atoms with Crippen LogP contribution >= 0.6 is 0 Å². The van der Waals surface area contributed by atoms with E-state index in [1.807, 2.05) is 48.5 Å². The second-order valence-electron chi connectivity index (χ2n) is 7.76. The van der Waals surface area contributed by atoms with Crippen LogP contribution < -0.4 is 0 Å². The standard InChI is InChI=1S/C28H20N2O/c1-3-10-19(11-4-1)24-18-25(30-28(29-24)20-12-5-2-6-13-20)23-16-9-15-22-21-14-7-8-17-26(21)31-27(22)23/h1-7,9-16,18H,8,17H2. The average molecular weight is 400 g/mol. The largest absolute Gasteiger partial charge is 0.460 e. The molecule has 0 atom stereocenters. The van der Waals surface area contributed by atoms with Crippen LogP contribution in [0.2, 0.25) is 0 Å². The Morgan fingerprint density at radius 2 is 1.45 bits per heavy atom. The molecule has 5 aromatic rings. The van der Waals surface area contributed by atoms with Crippen molar-refractivity contribution in [2.24, 2.45) is 0 Å². The van der Waals surface area contributed by atoms with Crippen LogP contribution in [0.1, 0.15) is 17.7 Å². The summed E-state index contributed by atoms with van der Waals surface area (Å²) in [5.74, 6) is 1.77. The van der Waals surface area contributed by atoms with E-state index in [1.54, 1.807) is 0 Å². The number of hydrogen-bond acceptors (Lipinski definition) is 3. The van der Waals surface area contributed by atoms with E-state index in [4.69, 9.17) is 14.4 Å². The number of aromatic nitrogens is 2. The molecule has 0 spiro atoms. The maximum absolute atomic E-state index is 6.36. The summed E-state index contributed by atoms with van der Waals surface area (Å²) in [6.07, 6.45) is 6.36. The Bertz CT molecular complexity index is 1360. The number of hydrogen-bond donors (Lipinski definition) is 0. The zero-order chi connectivity index (χ0) is 20.6. The maximum atomic E-state index is 6.36. The molecule has 2 heterocycles. The summed E-state index contributed by atoms with van der Waals surface area (Å²) in [6.45, 7) is 0. The zero-order valence-electron chi connectivity index (χ0n) is 17.0. The van der Waals surface area contributed by atoms with Crippen molar-refractivity contribution in [1.29, 1.82) is 0 Å². The fourth-order valence-corrected chi connectivity index (χ4v) is 4.23. The van der Waals surface area contributed by atoms with Crippen molar-refractivity contribution in [2.75, 3.05) is 0 Å². The van der Waals surface area contributed by atoms with E-state index in [1.165, 1.54) is 5.56 Å². The molecule has 1 aliphatic rings. The average Bonchev–Trinajstić information content (AvgIpc) is 3.24. The van der Waals surface area contributed by atoms with Crippen molar-refractivity contribution in [3.8, 4) is 33.9 Å².